The van der Waals surface area contributed by atoms with Gasteiger partial charge in [-0.25, -0.2) is 17.5 Å². The number of sulfonamides is 1. The van der Waals surface area contributed by atoms with E-state index in [1.807, 2.05) is 0 Å². The predicted molar refractivity (Wildman–Crippen MR) is 78.2 cm³/mol. The first-order valence-corrected chi connectivity index (χ1v) is 8.60. The molecule has 0 spiro atoms. The molecule has 1 aromatic carbocycles. The standard InChI is InChI=1S/C15H20FNO2S/c16-15-8-6-14(7-9-15)12-20(18,19)17-11-10-13-4-2-1-3-5-13/h4,6-9,17H,1-3,5,10-12H2. The number of rotatable bonds is 6. The van der Waals surface area contributed by atoms with Gasteiger partial charge >= 0.3 is 0 Å². The van der Waals surface area contributed by atoms with E-state index >= 15 is 0 Å². The highest BCUT2D eigenvalue weighted by Gasteiger charge is 2.12. The quantitative estimate of drug-likeness (QED) is 0.820. The Morgan fingerprint density at radius 1 is 1.15 bits per heavy atom. The number of benzene rings is 1. The van der Waals surface area contributed by atoms with Gasteiger partial charge in [-0.3, -0.25) is 0 Å². The van der Waals surface area contributed by atoms with Crippen molar-refractivity contribution in [3.8, 4) is 0 Å². The fourth-order valence-electron chi connectivity index (χ4n) is 2.35. The molecule has 0 atom stereocenters. The molecule has 0 aliphatic heterocycles. The van der Waals surface area contributed by atoms with Crippen LogP contribution < -0.4 is 4.72 Å². The Labute approximate surface area is 119 Å². The van der Waals surface area contributed by atoms with E-state index in [1.165, 1.54) is 42.7 Å². The van der Waals surface area contributed by atoms with E-state index in [4.69, 9.17) is 0 Å². The average molecular weight is 297 g/mol. The minimum absolute atomic E-state index is 0.105. The van der Waals surface area contributed by atoms with Crippen LogP contribution >= 0.6 is 0 Å². The van der Waals surface area contributed by atoms with Crippen LogP contribution in [0.25, 0.3) is 0 Å². The van der Waals surface area contributed by atoms with Gasteiger partial charge in [0.1, 0.15) is 5.82 Å². The fourth-order valence-corrected chi connectivity index (χ4v) is 3.50. The van der Waals surface area contributed by atoms with Crippen molar-refractivity contribution in [2.75, 3.05) is 6.54 Å². The molecule has 0 unspecified atom stereocenters. The summed E-state index contributed by atoms with van der Waals surface area (Å²) in [6.45, 7) is 0.440. The number of hydrogen-bond acceptors (Lipinski definition) is 2. The Bertz CT molecular complexity index is 564. The van der Waals surface area contributed by atoms with Crippen LogP contribution in [0.15, 0.2) is 35.9 Å². The number of allylic oxidation sites excluding steroid dienone is 1. The second kappa shape index (κ2) is 6.99. The second-order valence-electron chi connectivity index (χ2n) is 5.14. The van der Waals surface area contributed by atoms with Crippen molar-refractivity contribution in [3.05, 3.63) is 47.3 Å². The highest BCUT2D eigenvalue weighted by Crippen LogP contribution is 2.19. The average Bonchev–Trinajstić information content (AvgIpc) is 2.42. The summed E-state index contributed by atoms with van der Waals surface area (Å²) in [6, 6.07) is 5.55. The molecule has 0 bridgehead atoms. The largest absolute Gasteiger partial charge is 0.215 e. The van der Waals surface area contributed by atoms with Crippen molar-refractivity contribution in [1.82, 2.24) is 4.72 Å². The van der Waals surface area contributed by atoms with Crippen LogP contribution in [0.2, 0.25) is 0 Å². The first-order valence-electron chi connectivity index (χ1n) is 6.95. The molecule has 0 fully saturated rings. The van der Waals surface area contributed by atoms with Gasteiger partial charge in [-0.05, 0) is 49.8 Å². The van der Waals surface area contributed by atoms with Crippen LogP contribution in [0.1, 0.15) is 37.7 Å². The molecule has 0 radical (unpaired) electrons. The van der Waals surface area contributed by atoms with Crippen LogP contribution in [0.4, 0.5) is 4.39 Å². The molecule has 0 aromatic heterocycles. The predicted octanol–water partition coefficient (Wildman–Crippen LogP) is 3.14. The first-order chi connectivity index (χ1) is 9.55. The molecular formula is C15H20FNO2S. The molecule has 3 nitrogen and oxygen atoms in total. The third-order valence-corrected chi connectivity index (χ3v) is 4.78. The highest BCUT2D eigenvalue weighted by atomic mass is 32.2. The van der Waals surface area contributed by atoms with E-state index in [-0.39, 0.29) is 11.6 Å². The first kappa shape index (κ1) is 15.2. The van der Waals surface area contributed by atoms with Crippen molar-refractivity contribution in [3.63, 3.8) is 0 Å². The lowest BCUT2D eigenvalue weighted by atomic mass is 9.97. The normalized spacial score (nSPS) is 15.9. The maximum Gasteiger partial charge on any atom is 0.215 e. The molecule has 0 saturated carbocycles. The Morgan fingerprint density at radius 3 is 2.55 bits per heavy atom. The van der Waals surface area contributed by atoms with Gasteiger partial charge < -0.3 is 0 Å². The highest BCUT2D eigenvalue weighted by molar-refractivity contribution is 7.88. The molecule has 0 amide bonds. The summed E-state index contributed by atoms with van der Waals surface area (Å²) in [6.07, 6.45) is 7.63. The van der Waals surface area contributed by atoms with Gasteiger partial charge in [-0.2, -0.15) is 0 Å². The van der Waals surface area contributed by atoms with Crippen molar-refractivity contribution in [1.29, 1.82) is 0 Å². The molecule has 1 aromatic rings. The lowest BCUT2D eigenvalue weighted by Crippen LogP contribution is -2.26. The Kier molecular flexibility index (Phi) is 5.31. The molecule has 20 heavy (non-hydrogen) atoms. The summed E-state index contributed by atoms with van der Waals surface area (Å²) < 4.78 is 39.2. The van der Waals surface area contributed by atoms with Gasteiger partial charge in [0.2, 0.25) is 10.0 Å². The second-order valence-corrected chi connectivity index (χ2v) is 6.94. The van der Waals surface area contributed by atoms with Gasteiger partial charge in [0.25, 0.3) is 0 Å². The van der Waals surface area contributed by atoms with E-state index in [1.54, 1.807) is 0 Å². The smallest absolute Gasteiger partial charge is 0.215 e. The molecule has 2 rings (SSSR count). The third kappa shape index (κ3) is 5.06. The summed E-state index contributed by atoms with van der Waals surface area (Å²) in [4.78, 5) is 0. The van der Waals surface area contributed by atoms with E-state index in [9.17, 15) is 12.8 Å². The Balaban J connectivity index is 1.81. The van der Waals surface area contributed by atoms with Gasteiger partial charge in [0, 0.05) is 6.54 Å². The number of nitrogens with one attached hydrogen (secondary N) is 1. The van der Waals surface area contributed by atoms with Crippen LogP contribution in [0.3, 0.4) is 0 Å². The minimum atomic E-state index is -3.35. The summed E-state index contributed by atoms with van der Waals surface area (Å²) in [7, 11) is -3.35. The van der Waals surface area contributed by atoms with E-state index < -0.39 is 10.0 Å². The topological polar surface area (TPSA) is 46.2 Å². The fraction of sp³-hybridized carbons (Fsp3) is 0.467. The van der Waals surface area contributed by atoms with Crippen LogP contribution in [0, 0.1) is 5.82 Å². The zero-order chi connectivity index (χ0) is 14.4. The lowest BCUT2D eigenvalue weighted by Gasteiger charge is -2.13. The van der Waals surface area contributed by atoms with E-state index in [0.29, 0.717) is 12.1 Å². The molecular weight excluding hydrogens is 277 g/mol. The van der Waals surface area contributed by atoms with Gasteiger partial charge in [-0.15, -0.1) is 0 Å². The molecule has 0 saturated heterocycles. The number of hydrogen-bond donors (Lipinski definition) is 1. The van der Waals surface area contributed by atoms with Crippen LogP contribution in [-0.4, -0.2) is 15.0 Å². The zero-order valence-electron chi connectivity index (χ0n) is 11.4. The maximum atomic E-state index is 12.8. The molecule has 1 aliphatic rings. The molecule has 110 valence electrons. The molecule has 1 N–H and O–H groups in total. The van der Waals surface area contributed by atoms with Crippen molar-refractivity contribution < 1.29 is 12.8 Å². The SMILES string of the molecule is O=S(=O)(Cc1ccc(F)cc1)NCCC1=CCCCC1. The summed E-state index contributed by atoms with van der Waals surface area (Å²) in [5, 5.41) is 0. The Morgan fingerprint density at radius 2 is 1.90 bits per heavy atom. The Hall–Kier alpha value is -1.20. The zero-order valence-corrected chi connectivity index (χ0v) is 12.3. The van der Waals surface area contributed by atoms with Gasteiger partial charge in [0.15, 0.2) is 0 Å². The van der Waals surface area contributed by atoms with Crippen molar-refractivity contribution in [2.24, 2.45) is 0 Å². The van der Waals surface area contributed by atoms with Crippen molar-refractivity contribution >= 4 is 10.0 Å². The van der Waals surface area contributed by atoms with Gasteiger partial charge in [0.05, 0.1) is 5.75 Å². The molecule has 0 heterocycles. The van der Waals surface area contributed by atoms with Gasteiger partial charge in [-0.1, -0.05) is 23.8 Å². The molecule has 5 heteroatoms. The summed E-state index contributed by atoms with van der Waals surface area (Å²) in [5.41, 5.74) is 1.94. The van der Waals surface area contributed by atoms with E-state index in [2.05, 4.69) is 10.8 Å². The number of halogens is 1. The van der Waals surface area contributed by atoms with Crippen LogP contribution in [-0.2, 0) is 15.8 Å². The van der Waals surface area contributed by atoms with E-state index in [0.717, 1.165) is 19.3 Å². The van der Waals surface area contributed by atoms with Crippen LogP contribution in [0.5, 0.6) is 0 Å². The monoisotopic (exact) mass is 297 g/mol. The van der Waals surface area contributed by atoms with Crippen molar-refractivity contribution in [2.45, 2.75) is 37.9 Å². The third-order valence-electron chi connectivity index (χ3n) is 3.42. The summed E-state index contributed by atoms with van der Waals surface area (Å²) in [5.74, 6) is -0.463. The molecule has 1 aliphatic carbocycles. The summed E-state index contributed by atoms with van der Waals surface area (Å²) >= 11 is 0. The lowest BCUT2D eigenvalue weighted by molar-refractivity contribution is 0.578. The maximum absolute atomic E-state index is 12.8. The minimum Gasteiger partial charge on any atom is -0.215 e.